The Kier molecular flexibility index (Phi) is 9.31. The molecule has 1 saturated carbocycles. The zero-order chi connectivity index (χ0) is 26.9. The van der Waals surface area contributed by atoms with E-state index in [9.17, 15) is 9.90 Å². The second-order valence-electron chi connectivity index (χ2n) is 11.0. The van der Waals surface area contributed by atoms with Crippen molar-refractivity contribution in [3.8, 4) is 16.9 Å². The van der Waals surface area contributed by atoms with Crippen molar-refractivity contribution < 1.29 is 9.90 Å². The average Bonchev–Trinajstić information content (AvgIpc) is 3.12. The Balaban J connectivity index is 1.21. The van der Waals surface area contributed by atoms with E-state index in [1.165, 1.54) is 42.2 Å². The van der Waals surface area contributed by atoms with Crippen LogP contribution in [0.3, 0.4) is 0 Å². The lowest BCUT2D eigenvalue weighted by Crippen LogP contribution is -2.36. The van der Waals surface area contributed by atoms with Gasteiger partial charge >= 0.3 is 0 Å². The molecule has 39 heavy (non-hydrogen) atoms. The van der Waals surface area contributed by atoms with Gasteiger partial charge in [-0.1, -0.05) is 80.6 Å². The Morgan fingerprint density at radius 1 is 0.949 bits per heavy atom. The van der Waals surface area contributed by atoms with Gasteiger partial charge in [-0.3, -0.25) is 4.79 Å². The summed E-state index contributed by atoms with van der Waals surface area (Å²) in [5, 5.41) is 14.5. The molecule has 0 bridgehead atoms. The number of nitrogens with one attached hydrogen (secondary N) is 1. The molecule has 1 fully saturated rings. The van der Waals surface area contributed by atoms with Crippen LogP contribution in [-0.4, -0.2) is 27.1 Å². The van der Waals surface area contributed by atoms with E-state index >= 15 is 0 Å². The number of phenols is 1. The fourth-order valence-corrected chi connectivity index (χ4v) is 6.26. The van der Waals surface area contributed by atoms with E-state index in [-0.39, 0.29) is 11.8 Å². The van der Waals surface area contributed by atoms with Crippen LogP contribution in [0.4, 0.5) is 0 Å². The van der Waals surface area contributed by atoms with Gasteiger partial charge in [-0.25, -0.2) is 4.98 Å². The molecule has 5 heteroatoms. The van der Waals surface area contributed by atoms with Crippen molar-refractivity contribution in [3.05, 3.63) is 84.7 Å². The normalized spacial score (nSPS) is 15.2. The lowest BCUT2D eigenvalue weighted by atomic mass is 9.82. The van der Waals surface area contributed by atoms with Crippen molar-refractivity contribution in [1.82, 2.24) is 14.9 Å². The molecule has 5 rings (SSSR count). The van der Waals surface area contributed by atoms with Crippen LogP contribution in [0.25, 0.3) is 22.2 Å². The van der Waals surface area contributed by atoms with E-state index in [2.05, 4.69) is 46.4 Å². The van der Waals surface area contributed by atoms with Gasteiger partial charge < -0.3 is 15.0 Å². The first kappa shape index (κ1) is 27.0. The summed E-state index contributed by atoms with van der Waals surface area (Å²) in [5.74, 6) is 1.02. The number of pyridine rings is 1. The highest BCUT2D eigenvalue weighted by molar-refractivity contribution is 5.94. The van der Waals surface area contributed by atoms with Crippen molar-refractivity contribution >= 4 is 16.9 Å². The predicted octanol–water partition coefficient (Wildman–Crippen LogP) is 7.52. The second-order valence-corrected chi connectivity index (χ2v) is 11.0. The number of amides is 1. The highest BCUT2D eigenvalue weighted by Crippen LogP contribution is 2.33. The zero-order valence-electron chi connectivity index (χ0n) is 22.9. The van der Waals surface area contributed by atoms with Crippen molar-refractivity contribution in [1.29, 1.82) is 0 Å². The fourth-order valence-electron chi connectivity index (χ4n) is 6.26. The molecule has 0 spiro atoms. The average molecular weight is 524 g/mol. The molecule has 1 unspecified atom stereocenters. The first-order valence-corrected chi connectivity index (χ1v) is 14.7. The molecule has 2 N–H and O–H groups in total. The molecule has 0 saturated heterocycles. The summed E-state index contributed by atoms with van der Waals surface area (Å²) >= 11 is 0. The quantitative estimate of drug-likeness (QED) is 0.158. The van der Waals surface area contributed by atoms with E-state index < -0.39 is 0 Å². The smallest absolute Gasteiger partial charge is 0.223 e. The fraction of sp³-hybridized carbons (Fsp3) is 0.412. The first-order valence-electron chi connectivity index (χ1n) is 14.7. The first-order chi connectivity index (χ1) is 19.2. The molecule has 1 aliphatic carbocycles. The van der Waals surface area contributed by atoms with Gasteiger partial charge in [0.05, 0.1) is 0 Å². The minimum Gasteiger partial charge on any atom is -0.508 e. The molecule has 204 valence electrons. The second kappa shape index (κ2) is 13.5. The van der Waals surface area contributed by atoms with E-state index in [1.807, 2.05) is 36.5 Å². The van der Waals surface area contributed by atoms with Gasteiger partial charge in [-0.15, -0.1) is 0 Å². The van der Waals surface area contributed by atoms with Crippen molar-refractivity contribution in [2.45, 2.75) is 70.8 Å². The van der Waals surface area contributed by atoms with Gasteiger partial charge in [0.25, 0.3) is 0 Å². The van der Waals surface area contributed by atoms with Crippen LogP contribution in [0.5, 0.6) is 5.75 Å². The number of rotatable bonds is 11. The molecule has 0 aliphatic heterocycles. The molecule has 0 radical (unpaired) electrons. The monoisotopic (exact) mass is 523 g/mol. The largest absolute Gasteiger partial charge is 0.508 e. The molecule has 4 aromatic rings. The topological polar surface area (TPSA) is 67.2 Å². The number of fused-ring (bicyclic) bond motifs is 1. The van der Waals surface area contributed by atoms with E-state index in [1.54, 1.807) is 6.07 Å². The number of unbranched alkanes of at least 4 members (excludes halogenated alkanes) is 1. The number of aromatic nitrogens is 2. The Hall–Kier alpha value is -3.60. The Labute approximate surface area is 232 Å². The van der Waals surface area contributed by atoms with Crippen LogP contribution in [0.2, 0.25) is 0 Å². The number of nitrogens with zero attached hydrogens (tertiary/aromatic N) is 2. The summed E-state index contributed by atoms with van der Waals surface area (Å²) in [6, 6.07) is 22.1. The Morgan fingerprint density at radius 2 is 1.72 bits per heavy atom. The number of hydrogen-bond donors (Lipinski definition) is 2. The van der Waals surface area contributed by atoms with Gasteiger partial charge in [0.1, 0.15) is 11.4 Å². The number of para-hydroxylation sites is 1. The molecule has 1 atom stereocenters. The lowest BCUT2D eigenvalue weighted by Gasteiger charge is -2.25. The molecule has 1 amide bonds. The molecular weight excluding hydrogens is 482 g/mol. The van der Waals surface area contributed by atoms with Gasteiger partial charge in [-0.2, -0.15) is 0 Å². The van der Waals surface area contributed by atoms with Crippen molar-refractivity contribution in [2.75, 3.05) is 6.54 Å². The van der Waals surface area contributed by atoms with Gasteiger partial charge in [0, 0.05) is 42.4 Å². The summed E-state index contributed by atoms with van der Waals surface area (Å²) in [6.07, 6.45) is 15.1. The molecular formula is C34H41N3O2. The molecule has 2 aromatic heterocycles. The van der Waals surface area contributed by atoms with Crippen molar-refractivity contribution in [2.24, 2.45) is 11.8 Å². The van der Waals surface area contributed by atoms with Crippen LogP contribution < -0.4 is 5.32 Å². The summed E-state index contributed by atoms with van der Waals surface area (Å²) in [7, 11) is 0. The number of hydrogen-bond acceptors (Lipinski definition) is 3. The number of aryl methyl sites for hydroxylation is 1. The minimum atomic E-state index is 0.0619. The third kappa shape index (κ3) is 6.89. The number of carbonyl (C=O) groups excluding carboxylic acids is 1. The van der Waals surface area contributed by atoms with Crippen LogP contribution in [-0.2, 0) is 17.8 Å². The molecule has 2 heterocycles. The molecule has 1 aliphatic rings. The highest BCUT2D eigenvalue weighted by atomic mass is 16.3. The molecule has 2 aromatic carbocycles. The Morgan fingerprint density at radius 3 is 2.51 bits per heavy atom. The molecule has 5 nitrogen and oxygen atoms in total. The number of phenolic OH excluding ortho intramolecular Hbond substituents is 1. The third-order valence-corrected chi connectivity index (χ3v) is 8.37. The summed E-state index contributed by atoms with van der Waals surface area (Å²) in [5.41, 5.74) is 4.34. The van der Waals surface area contributed by atoms with Crippen LogP contribution in [0.15, 0.2) is 79.1 Å². The summed E-state index contributed by atoms with van der Waals surface area (Å²) in [6.45, 7) is 1.45. The van der Waals surface area contributed by atoms with Crippen LogP contribution in [0, 0.1) is 11.8 Å². The predicted molar refractivity (Wildman–Crippen MR) is 159 cm³/mol. The highest BCUT2D eigenvalue weighted by Gasteiger charge is 2.28. The number of carbonyl (C=O) groups is 1. The third-order valence-electron chi connectivity index (χ3n) is 8.37. The van der Waals surface area contributed by atoms with Crippen LogP contribution in [0.1, 0.15) is 63.4 Å². The maximum absolute atomic E-state index is 13.4. The minimum absolute atomic E-state index is 0.0619. The summed E-state index contributed by atoms with van der Waals surface area (Å²) in [4.78, 5) is 18.1. The van der Waals surface area contributed by atoms with Gasteiger partial charge in [-0.05, 0) is 67.3 Å². The number of benzene rings is 2. The van der Waals surface area contributed by atoms with E-state index in [0.29, 0.717) is 24.6 Å². The standard InChI is InChI=1S/C34H41N3O2/c38-32-20-9-8-17-28(32)21-23-36-34(39)29(26-13-4-1-2-5-14-26)18-10-11-24-37-25-31(27-15-6-3-7-16-27)30-19-12-22-35-33(30)37/h3,6-9,12,15-17,19-20,22,25-26,29,38H,1-2,4-5,10-11,13-14,18,21,23-24H2,(H,36,39). The van der Waals surface area contributed by atoms with Gasteiger partial charge in [0.2, 0.25) is 5.91 Å². The Bertz CT molecular complexity index is 1340. The lowest BCUT2D eigenvalue weighted by molar-refractivity contribution is -0.127. The maximum atomic E-state index is 13.4. The SMILES string of the molecule is O=C(NCCc1ccccc1O)C(CCCCn1cc(-c2ccccc2)c2cccnc21)C1CCCCCC1. The zero-order valence-corrected chi connectivity index (χ0v) is 22.9. The van der Waals surface area contributed by atoms with Crippen LogP contribution >= 0.6 is 0 Å². The van der Waals surface area contributed by atoms with E-state index in [0.717, 1.165) is 49.9 Å². The summed E-state index contributed by atoms with van der Waals surface area (Å²) < 4.78 is 2.28. The van der Waals surface area contributed by atoms with E-state index in [4.69, 9.17) is 4.98 Å². The number of aromatic hydroxyl groups is 1. The maximum Gasteiger partial charge on any atom is 0.223 e. The van der Waals surface area contributed by atoms with Crippen molar-refractivity contribution in [3.63, 3.8) is 0 Å². The van der Waals surface area contributed by atoms with Gasteiger partial charge in [0.15, 0.2) is 0 Å².